The molecule has 29 heavy (non-hydrogen) atoms. The Morgan fingerprint density at radius 1 is 1.17 bits per heavy atom. The van der Waals surface area contributed by atoms with Crippen LogP contribution in [-0.2, 0) is 4.74 Å². The largest absolute Gasteiger partial charge is 0.507 e. The predicted octanol–water partition coefficient (Wildman–Crippen LogP) is 6.13. The van der Waals surface area contributed by atoms with Gasteiger partial charge in [0.05, 0.1) is 12.3 Å². The van der Waals surface area contributed by atoms with E-state index in [1.165, 1.54) is 0 Å². The van der Waals surface area contributed by atoms with Crippen molar-refractivity contribution < 1.29 is 19.1 Å². The summed E-state index contributed by atoms with van der Waals surface area (Å²) in [6, 6.07) is 15.1. The Balaban J connectivity index is 2.03. The topological polar surface area (TPSA) is 72.0 Å². The molecule has 1 aromatic heterocycles. The number of aryl methyl sites for hydroxylation is 1. The fraction of sp³-hybridized carbons (Fsp3) is 0.130. The van der Waals surface area contributed by atoms with Crippen LogP contribution in [0.4, 0.5) is 5.69 Å². The second kappa shape index (κ2) is 7.87. The van der Waals surface area contributed by atoms with Gasteiger partial charge in [-0.3, -0.25) is 4.99 Å². The summed E-state index contributed by atoms with van der Waals surface area (Å²) < 4.78 is 12.3. The molecular weight excluding hydrogens is 481 g/mol. The van der Waals surface area contributed by atoms with Crippen LogP contribution in [0.15, 0.2) is 57.9 Å². The second-order valence-electron chi connectivity index (χ2n) is 6.50. The number of phenolic OH excluding ortho intramolecular Hbond substituents is 1. The van der Waals surface area contributed by atoms with Gasteiger partial charge in [-0.25, -0.2) is 4.79 Å². The van der Waals surface area contributed by atoms with Crippen molar-refractivity contribution in [2.24, 2.45) is 4.99 Å². The second-order valence-corrected chi connectivity index (χ2v) is 7.75. The van der Waals surface area contributed by atoms with E-state index in [0.717, 1.165) is 14.6 Å². The molecule has 3 aromatic carbocycles. The number of phenols is 1. The number of aliphatic imine (C=N–C) groups is 1. The molecule has 0 aliphatic heterocycles. The van der Waals surface area contributed by atoms with Crippen molar-refractivity contribution in [2.45, 2.75) is 13.8 Å². The van der Waals surface area contributed by atoms with Crippen LogP contribution in [0.2, 0.25) is 0 Å². The Bertz CT molecular complexity index is 1260. The molecule has 0 spiro atoms. The van der Waals surface area contributed by atoms with Crippen molar-refractivity contribution >= 4 is 62.2 Å². The van der Waals surface area contributed by atoms with Crippen molar-refractivity contribution in [3.63, 3.8) is 0 Å². The molecule has 146 valence electrons. The SMILES string of the molecule is CCOC(=O)c1c(C)oc2c1c(C=Nc1ccc(I)cc1)c(O)c1ccccc12. The molecule has 5 nitrogen and oxygen atoms in total. The van der Waals surface area contributed by atoms with Crippen molar-refractivity contribution in [1.82, 2.24) is 0 Å². The minimum atomic E-state index is -0.484. The predicted molar refractivity (Wildman–Crippen MR) is 122 cm³/mol. The third-order valence-electron chi connectivity index (χ3n) is 4.68. The van der Waals surface area contributed by atoms with Crippen LogP contribution < -0.4 is 0 Å². The van der Waals surface area contributed by atoms with Crippen LogP contribution in [0.25, 0.3) is 21.7 Å². The molecule has 0 aliphatic rings. The van der Waals surface area contributed by atoms with Crippen molar-refractivity contribution in [2.75, 3.05) is 6.61 Å². The van der Waals surface area contributed by atoms with Gasteiger partial charge in [-0.05, 0) is 60.7 Å². The van der Waals surface area contributed by atoms with Gasteiger partial charge in [0.15, 0.2) is 0 Å². The quantitative estimate of drug-likeness (QED) is 0.208. The van der Waals surface area contributed by atoms with Gasteiger partial charge in [-0.15, -0.1) is 0 Å². The van der Waals surface area contributed by atoms with Crippen LogP contribution in [0.1, 0.15) is 28.6 Å². The zero-order valence-electron chi connectivity index (χ0n) is 15.9. The highest BCUT2D eigenvalue weighted by molar-refractivity contribution is 14.1. The number of furan rings is 1. The van der Waals surface area contributed by atoms with Gasteiger partial charge < -0.3 is 14.3 Å². The molecule has 0 fully saturated rings. The molecule has 4 aromatic rings. The smallest absolute Gasteiger partial charge is 0.342 e. The van der Waals surface area contributed by atoms with E-state index in [-0.39, 0.29) is 12.4 Å². The van der Waals surface area contributed by atoms with E-state index in [1.807, 2.05) is 48.5 Å². The molecule has 0 aliphatic carbocycles. The molecule has 1 heterocycles. The van der Waals surface area contributed by atoms with Gasteiger partial charge in [-0.2, -0.15) is 0 Å². The highest BCUT2D eigenvalue weighted by Gasteiger charge is 2.25. The third-order valence-corrected chi connectivity index (χ3v) is 5.40. The number of nitrogens with zero attached hydrogens (tertiary/aromatic N) is 1. The molecule has 0 radical (unpaired) electrons. The van der Waals surface area contributed by atoms with E-state index in [2.05, 4.69) is 27.6 Å². The standard InChI is InChI=1S/C23H18INO4/c1-3-28-23(27)19-13(2)29-22-17-7-5-4-6-16(17)21(26)18(20(19)22)12-25-15-10-8-14(24)9-11-15/h4-12,26H,3H2,1-2H3. The van der Waals surface area contributed by atoms with Gasteiger partial charge >= 0.3 is 5.97 Å². The molecular formula is C23H18INO4. The maximum Gasteiger partial charge on any atom is 0.342 e. The number of hydrogen-bond donors (Lipinski definition) is 1. The van der Waals surface area contributed by atoms with E-state index < -0.39 is 5.97 Å². The van der Waals surface area contributed by atoms with Gasteiger partial charge in [0, 0.05) is 31.5 Å². The van der Waals surface area contributed by atoms with Crippen molar-refractivity contribution in [3.8, 4) is 5.75 Å². The first-order valence-electron chi connectivity index (χ1n) is 9.14. The first kappa shape index (κ1) is 19.4. The lowest BCUT2D eigenvalue weighted by molar-refractivity contribution is 0.0526. The van der Waals surface area contributed by atoms with E-state index in [1.54, 1.807) is 20.1 Å². The maximum atomic E-state index is 12.6. The Morgan fingerprint density at radius 2 is 1.86 bits per heavy atom. The van der Waals surface area contributed by atoms with Crippen LogP contribution >= 0.6 is 22.6 Å². The normalized spacial score (nSPS) is 11.6. The zero-order valence-corrected chi connectivity index (χ0v) is 18.1. The molecule has 0 saturated carbocycles. The number of rotatable bonds is 4. The first-order valence-corrected chi connectivity index (χ1v) is 10.2. The minimum absolute atomic E-state index is 0.0497. The Labute approximate surface area is 181 Å². The number of benzene rings is 3. The number of ether oxygens (including phenoxy) is 1. The summed E-state index contributed by atoms with van der Waals surface area (Å²) in [5.74, 6) is 0.00849. The van der Waals surface area contributed by atoms with E-state index in [4.69, 9.17) is 9.15 Å². The first-order chi connectivity index (χ1) is 14.0. The Morgan fingerprint density at radius 3 is 2.55 bits per heavy atom. The summed E-state index contributed by atoms with van der Waals surface area (Å²) in [4.78, 5) is 17.2. The van der Waals surface area contributed by atoms with Crippen LogP contribution in [0.3, 0.4) is 0 Å². The van der Waals surface area contributed by atoms with Crippen LogP contribution in [-0.4, -0.2) is 23.9 Å². The number of carbonyl (C=O) groups excluding carboxylic acids is 1. The van der Waals surface area contributed by atoms with E-state index in [0.29, 0.717) is 33.2 Å². The fourth-order valence-electron chi connectivity index (χ4n) is 3.38. The molecule has 0 amide bonds. The number of hydrogen-bond acceptors (Lipinski definition) is 5. The molecule has 0 saturated heterocycles. The van der Waals surface area contributed by atoms with Gasteiger partial charge in [-0.1, -0.05) is 24.3 Å². The summed E-state index contributed by atoms with van der Waals surface area (Å²) >= 11 is 2.23. The van der Waals surface area contributed by atoms with Crippen LogP contribution in [0, 0.1) is 10.5 Å². The Hall–Kier alpha value is -2.87. The summed E-state index contributed by atoms with van der Waals surface area (Å²) in [5, 5.41) is 12.9. The number of esters is 1. The van der Waals surface area contributed by atoms with E-state index in [9.17, 15) is 9.90 Å². The lowest BCUT2D eigenvalue weighted by atomic mass is 9.98. The van der Waals surface area contributed by atoms with Crippen molar-refractivity contribution in [3.05, 3.63) is 69.0 Å². The third kappa shape index (κ3) is 3.48. The lowest BCUT2D eigenvalue weighted by Gasteiger charge is -2.08. The lowest BCUT2D eigenvalue weighted by Crippen LogP contribution is -2.06. The number of halogens is 1. The average molecular weight is 499 g/mol. The summed E-state index contributed by atoms with van der Waals surface area (Å²) in [5.41, 5.74) is 2.01. The average Bonchev–Trinajstić information content (AvgIpc) is 3.06. The maximum absolute atomic E-state index is 12.6. The fourth-order valence-corrected chi connectivity index (χ4v) is 3.74. The molecule has 6 heteroatoms. The highest BCUT2D eigenvalue weighted by Crippen LogP contribution is 2.41. The molecule has 0 bridgehead atoms. The molecule has 0 unspecified atom stereocenters. The molecule has 4 rings (SSSR count). The Kier molecular flexibility index (Phi) is 5.27. The molecule has 0 atom stereocenters. The van der Waals surface area contributed by atoms with Gasteiger partial charge in [0.25, 0.3) is 0 Å². The summed E-state index contributed by atoms with van der Waals surface area (Å²) in [6.45, 7) is 3.72. The van der Waals surface area contributed by atoms with Gasteiger partial charge in [0.1, 0.15) is 22.7 Å². The monoisotopic (exact) mass is 499 g/mol. The number of aromatic hydroxyl groups is 1. The minimum Gasteiger partial charge on any atom is -0.507 e. The van der Waals surface area contributed by atoms with Gasteiger partial charge in [0.2, 0.25) is 0 Å². The number of carbonyl (C=O) groups is 1. The van der Waals surface area contributed by atoms with Crippen LogP contribution in [0.5, 0.6) is 5.75 Å². The highest BCUT2D eigenvalue weighted by atomic mass is 127. The van der Waals surface area contributed by atoms with E-state index >= 15 is 0 Å². The number of fused-ring (bicyclic) bond motifs is 3. The summed E-state index contributed by atoms with van der Waals surface area (Å²) in [6.07, 6.45) is 1.57. The zero-order chi connectivity index (χ0) is 20.5. The molecule has 1 N–H and O–H groups in total. The van der Waals surface area contributed by atoms with Crippen molar-refractivity contribution in [1.29, 1.82) is 0 Å². The summed E-state index contributed by atoms with van der Waals surface area (Å²) in [7, 11) is 0.